The van der Waals surface area contributed by atoms with Crippen LogP contribution in [0.1, 0.15) is 45.6 Å². The molecule has 23 heavy (non-hydrogen) atoms. The quantitative estimate of drug-likeness (QED) is 0.741. The minimum atomic E-state index is -0.111. The van der Waals surface area contributed by atoms with Gasteiger partial charge in [-0.25, -0.2) is 0 Å². The molecular weight excluding hydrogens is 290 g/mol. The Balaban J connectivity index is 2.74. The lowest BCUT2D eigenvalue weighted by molar-refractivity contribution is -0.131. The number of nitrogens with zero attached hydrogens (tertiary/aromatic N) is 3. The van der Waals surface area contributed by atoms with E-state index in [4.69, 9.17) is 5.26 Å². The Morgan fingerprint density at radius 3 is 2.04 bits per heavy atom. The first-order chi connectivity index (χ1) is 11.0. The van der Waals surface area contributed by atoms with E-state index in [0.29, 0.717) is 24.2 Å². The number of amides is 2. The summed E-state index contributed by atoms with van der Waals surface area (Å²) in [6.07, 6.45) is 2.16. The Bertz CT molecular complexity index is 555. The molecule has 0 radical (unpaired) electrons. The fourth-order valence-electron chi connectivity index (χ4n) is 2.45. The van der Waals surface area contributed by atoms with E-state index in [2.05, 4.69) is 19.9 Å². The summed E-state index contributed by atoms with van der Waals surface area (Å²) in [6, 6.07) is 8.87. The standard InChI is InChI=1S/C18H25N3O2/c1-4-11-20(12-5-2)18(23)10-13-21(15(3)22)17-8-6-16(14-19)7-9-17/h6-9H,4-5,10-13H2,1-3H3. The molecule has 1 aromatic rings. The van der Waals surface area contributed by atoms with Crippen LogP contribution in [0.5, 0.6) is 0 Å². The molecular formula is C18H25N3O2. The molecule has 0 aliphatic carbocycles. The number of anilines is 1. The van der Waals surface area contributed by atoms with Gasteiger partial charge in [0.2, 0.25) is 11.8 Å². The van der Waals surface area contributed by atoms with Crippen molar-refractivity contribution >= 4 is 17.5 Å². The Morgan fingerprint density at radius 1 is 1.04 bits per heavy atom. The highest BCUT2D eigenvalue weighted by Gasteiger charge is 2.16. The Kier molecular flexibility index (Phi) is 7.82. The first kappa shape index (κ1) is 18.7. The average molecular weight is 315 g/mol. The van der Waals surface area contributed by atoms with Crippen molar-refractivity contribution in [3.8, 4) is 6.07 Å². The number of hydrogen-bond donors (Lipinski definition) is 0. The summed E-state index contributed by atoms with van der Waals surface area (Å²) in [6.45, 7) is 7.44. The summed E-state index contributed by atoms with van der Waals surface area (Å²) < 4.78 is 0. The molecule has 124 valence electrons. The van der Waals surface area contributed by atoms with Crippen LogP contribution in [-0.2, 0) is 9.59 Å². The summed E-state index contributed by atoms with van der Waals surface area (Å²) in [5, 5.41) is 8.83. The number of nitriles is 1. The fraction of sp³-hybridized carbons (Fsp3) is 0.500. The van der Waals surface area contributed by atoms with Gasteiger partial charge < -0.3 is 9.80 Å². The maximum absolute atomic E-state index is 12.3. The van der Waals surface area contributed by atoms with E-state index >= 15 is 0 Å². The number of carbonyl (C=O) groups is 2. The third-order valence-electron chi connectivity index (χ3n) is 3.58. The largest absolute Gasteiger partial charge is 0.343 e. The molecule has 5 nitrogen and oxygen atoms in total. The summed E-state index contributed by atoms with van der Waals surface area (Å²) in [5.74, 6) is -0.0337. The topological polar surface area (TPSA) is 64.4 Å². The summed E-state index contributed by atoms with van der Waals surface area (Å²) >= 11 is 0. The third-order valence-corrected chi connectivity index (χ3v) is 3.58. The van der Waals surface area contributed by atoms with Crippen LogP contribution >= 0.6 is 0 Å². The average Bonchev–Trinajstić information content (AvgIpc) is 2.55. The van der Waals surface area contributed by atoms with E-state index in [0.717, 1.165) is 25.9 Å². The van der Waals surface area contributed by atoms with Crippen LogP contribution in [0, 0.1) is 11.3 Å². The van der Waals surface area contributed by atoms with Crippen LogP contribution in [0.3, 0.4) is 0 Å². The zero-order valence-corrected chi connectivity index (χ0v) is 14.2. The Labute approximate surface area is 138 Å². The number of rotatable bonds is 8. The molecule has 0 unspecified atom stereocenters. The van der Waals surface area contributed by atoms with E-state index in [1.54, 1.807) is 29.2 Å². The number of benzene rings is 1. The second-order valence-corrected chi connectivity index (χ2v) is 5.46. The molecule has 0 heterocycles. The molecule has 5 heteroatoms. The molecule has 0 fully saturated rings. The van der Waals surface area contributed by atoms with Crippen LogP contribution in [-0.4, -0.2) is 36.3 Å². The van der Waals surface area contributed by atoms with Gasteiger partial charge in [0.25, 0.3) is 0 Å². The van der Waals surface area contributed by atoms with Gasteiger partial charge in [0, 0.05) is 38.7 Å². The highest BCUT2D eigenvalue weighted by atomic mass is 16.2. The van der Waals surface area contributed by atoms with Gasteiger partial charge in [0.1, 0.15) is 0 Å². The molecule has 1 aromatic carbocycles. The second-order valence-electron chi connectivity index (χ2n) is 5.46. The SMILES string of the molecule is CCCN(CCC)C(=O)CCN(C(C)=O)c1ccc(C#N)cc1. The maximum atomic E-state index is 12.3. The zero-order chi connectivity index (χ0) is 17.2. The van der Waals surface area contributed by atoms with Crippen LogP contribution in [0.15, 0.2) is 24.3 Å². The van der Waals surface area contributed by atoms with E-state index in [1.807, 2.05) is 4.90 Å². The number of hydrogen-bond acceptors (Lipinski definition) is 3. The van der Waals surface area contributed by atoms with Crippen LogP contribution in [0.25, 0.3) is 0 Å². The van der Waals surface area contributed by atoms with Gasteiger partial charge in [-0.3, -0.25) is 9.59 Å². The lowest BCUT2D eigenvalue weighted by Gasteiger charge is -2.25. The van der Waals surface area contributed by atoms with Crippen LogP contribution in [0.4, 0.5) is 5.69 Å². The molecule has 0 aromatic heterocycles. The van der Waals surface area contributed by atoms with Crippen molar-refractivity contribution in [1.29, 1.82) is 5.26 Å². The molecule has 0 atom stereocenters. The minimum absolute atomic E-state index is 0.0774. The van der Waals surface area contributed by atoms with Gasteiger partial charge in [-0.2, -0.15) is 5.26 Å². The molecule has 0 spiro atoms. The molecule has 0 aliphatic rings. The molecule has 0 N–H and O–H groups in total. The van der Waals surface area contributed by atoms with Crippen molar-refractivity contribution in [3.63, 3.8) is 0 Å². The van der Waals surface area contributed by atoms with Crippen LogP contribution < -0.4 is 4.90 Å². The normalized spacial score (nSPS) is 10.0. The molecule has 1 rings (SSSR count). The van der Waals surface area contributed by atoms with Gasteiger partial charge in [-0.1, -0.05) is 13.8 Å². The number of carbonyl (C=O) groups excluding carboxylic acids is 2. The lowest BCUT2D eigenvalue weighted by Crippen LogP contribution is -2.37. The highest BCUT2D eigenvalue weighted by molar-refractivity contribution is 5.92. The van der Waals surface area contributed by atoms with Crippen molar-refractivity contribution in [3.05, 3.63) is 29.8 Å². The summed E-state index contributed by atoms with van der Waals surface area (Å²) in [5.41, 5.74) is 1.26. The van der Waals surface area contributed by atoms with E-state index in [-0.39, 0.29) is 11.8 Å². The van der Waals surface area contributed by atoms with Gasteiger partial charge >= 0.3 is 0 Å². The second kappa shape index (κ2) is 9.62. The molecule has 0 bridgehead atoms. The van der Waals surface area contributed by atoms with Gasteiger partial charge in [-0.15, -0.1) is 0 Å². The van der Waals surface area contributed by atoms with Crippen molar-refractivity contribution in [2.75, 3.05) is 24.5 Å². The van der Waals surface area contributed by atoms with Crippen molar-refractivity contribution in [1.82, 2.24) is 4.90 Å². The van der Waals surface area contributed by atoms with Crippen molar-refractivity contribution < 1.29 is 9.59 Å². The lowest BCUT2D eigenvalue weighted by atomic mass is 10.2. The van der Waals surface area contributed by atoms with E-state index in [1.165, 1.54) is 6.92 Å². The van der Waals surface area contributed by atoms with Crippen LogP contribution in [0.2, 0.25) is 0 Å². The predicted octanol–water partition coefficient (Wildman–Crippen LogP) is 2.95. The smallest absolute Gasteiger partial charge is 0.224 e. The molecule has 0 saturated carbocycles. The van der Waals surface area contributed by atoms with E-state index < -0.39 is 0 Å². The molecule has 0 aliphatic heterocycles. The van der Waals surface area contributed by atoms with Gasteiger partial charge in [0.05, 0.1) is 11.6 Å². The first-order valence-electron chi connectivity index (χ1n) is 8.09. The summed E-state index contributed by atoms with van der Waals surface area (Å²) in [7, 11) is 0. The van der Waals surface area contributed by atoms with Crippen molar-refractivity contribution in [2.24, 2.45) is 0 Å². The maximum Gasteiger partial charge on any atom is 0.224 e. The van der Waals surface area contributed by atoms with Gasteiger partial charge in [0.15, 0.2) is 0 Å². The fourth-order valence-corrected chi connectivity index (χ4v) is 2.45. The van der Waals surface area contributed by atoms with E-state index in [9.17, 15) is 9.59 Å². The monoisotopic (exact) mass is 315 g/mol. The third kappa shape index (κ3) is 5.74. The zero-order valence-electron chi connectivity index (χ0n) is 14.2. The summed E-state index contributed by atoms with van der Waals surface area (Å²) in [4.78, 5) is 27.6. The van der Waals surface area contributed by atoms with Crippen molar-refractivity contribution in [2.45, 2.75) is 40.0 Å². The Morgan fingerprint density at radius 2 is 1.61 bits per heavy atom. The minimum Gasteiger partial charge on any atom is -0.343 e. The molecule has 0 saturated heterocycles. The predicted molar refractivity (Wildman–Crippen MR) is 91.0 cm³/mol. The Hall–Kier alpha value is -2.35. The molecule has 2 amide bonds. The first-order valence-corrected chi connectivity index (χ1v) is 8.09. The highest BCUT2D eigenvalue weighted by Crippen LogP contribution is 2.16. The van der Waals surface area contributed by atoms with Gasteiger partial charge in [-0.05, 0) is 37.1 Å².